The van der Waals surface area contributed by atoms with Crippen molar-refractivity contribution in [2.45, 2.75) is 25.0 Å². The molecule has 0 unspecified atom stereocenters. The van der Waals surface area contributed by atoms with Crippen molar-refractivity contribution in [3.63, 3.8) is 0 Å². The Morgan fingerprint density at radius 1 is 0.793 bits per heavy atom. The quantitative estimate of drug-likeness (QED) is 0.567. The van der Waals surface area contributed by atoms with E-state index in [1.165, 1.54) is 24.3 Å². The zero-order chi connectivity index (χ0) is 20.7. The second-order valence-electron chi connectivity index (χ2n) is 6.29. The monoisotopic (exact) mass is 415 g/mol. The van der Waals surface area contributed by atoms with Gasteiger partial charge in [0.25, 0.3) is 0 Å². The van der Waals surface area contributed by atoms with Crippen LogP contribution in [0.1, 0.15) is 18.1 Å². The van der Waals surface area contributed by atoms with Crippen LogP contribution in [0.3, 0.4) is 0 Å². The molecule has 0 aromatic heterocycles. The maximum absolute atomic E-state index is 12.9. The van der Waals surface area contributed by atoms with Gasteiger partial charge in [0.2, 0.25) is 10.0 Å². The molecule has 0 aliphatic carbocycles. The second-order valence-corrected chi connectivity index (χ2v) is 8.06. The molecule has 152 valence electrons. The minimum atomic E-state index is -3.62. The highest BCUT2D eigenvalue weighted by atomic mass is 32.2. The van der Waals surface area contributed by atoms with Gasteiger partial charge in [0, 0.05) is 6.54 Å². The lowest BCUT2D eigenvalue weighted by Gasteiger charge is -2.10. The highest BCUT2D eigenvalue weighted by molar-refractivity contribution is 7.89. The Hall–Kier alpha value is -2.90. The molecule has 0 atom stereocenters. The van der Waals surface area contributed by atoms with Crippen LogP contribution in [0.2, 0.25) is 0 Å². The van der Waals surface area contributed by atoms with Crippen LogP contribution in [0.4, 0.5) is 4.39 Å². The lowest BCUT2D eigenvalue weighted by atomic mass is 10.2. The first-order valence-corrected chi connectivity index (χ1v) is 10.6. The number of rotatable bonds is 9. The minimum absolute atomic E-state index is 0.161. The van der Waals surface area contributed by atoms with Gasteiger partial charge in [-0.15, -0.1) is 0 Å². The Bertz CT molecular complexity index is 1020. The minimum Gasteiger partial charge on any atom is -0.494 e. The molecule has 29 heavy (non-hydrogen) atoms. The van der Waals surface area contributed by atoms with Crippen LogP contribution >= 0.6 is 0 Å². The molecule has 3 rings (SSSR count). The molecule has 1 N–H and O–H groups in total. The van der Waals surface area contributed by atoms with Crippen molar-refractivity contribution >= 4 is 10.0 Å². The van der Waals surface area contributed by atoms with Crippen LogP contribution in [0.15, 0.2) is 77.7 Å². The van der Waals surface area contributed by atoms with Gasteiger partial charge in [-0.3, -0.25) is 0 Å². The number of hydrogen-bond acceptors (Lipinski definition) is 4. The first-order valence-electron chi connectivity index (χ1n) is 9.15. The summed E-state index contributed by atoms with van der Waals surface area (Å²) in [5.41, 5.74) is 1.66. The van der Waals surface area contributed by atoms with Crippen LogP contribution in [-0.2, 0) is 23.2 Å². The summed E-state index contributed by atoms with van der Waals surface area (Å²) in [7, 11) is -3.62. The lowest BCUT2D eigenvalue weighted by Crippen LogP contribution is -2.23. The van der Waals surface area contributed by atoms with Crippen molar-refractivity contribution in [2.24, 2.45) is 0 Å². The third kappa shape index (κ3) is 6.04. The number of halogens is 1. The van der Waals surface area contributed by atoms with E-state index in [-0.39, 0.29) is 17.3 Å². The molecule has 0 saturated heterocycles. The SMILES string of the molecule is CCOc1ccc(S(=O)(=O)NCc2ccc(OCc3ccc(F)cc3)cc2)cc1. The van der Waals surface area contributed by atoms with E-state index in [1.54, 1.807) is 48.5 Å². The number of ether oxygens (including phenoxy) is 2. The van der Waals surface area contributed by atoms with Crippen molar-refractivity contribution in [2.75, 3.05) is 6.61 Å². The second kappa shape index (κ2) is 9.54. The van der Waals surface area contributed by atoms with Crippen LogP contribution in [0.5, 0.6) is 11.5 Å². The molecule has 7 heteroatoms. The molecular weight excluding hydrogens is 393 g/mol. The molecule has 0 amide bonds. The normalized spacial score (nSPS) is 11.2. The predicted molar refractivity (Wildman–Crippen MR) is 109 cm³/mol. The highest BCUT2D eigenvalue weighted by Crippen LogP contribution is 2.18. The van der Waals surface area contributed by atoms with Gasteiger partial charge in [0.05, 0.1) is 11.5 Å². The van der Waals surface area contributed by atoms with E-state index in [0.717, 1.165) is 11.1 Å². The summed E-state index contributed by atoms with van der Waals surface area (Å²) in [4.78, 5) is 0.181. The zero-order valence-electron chi connectivity index (χ0n) is 16.0. The summed E-state index contributed by atoms with van der Waals surface area (Å²) < 4.78 is 51.3. The van der Waals surface area contributed by atoms with Gasteiger partial charge in [-0.25, -0.2) is 17.5 Å². The largest absolute Gasteiger partial charge is 0.494 e. The van der Waals surface area contributed by atoms with Gasteiger partial charge in [-0.2, -0.15) is 0 Å². The molecule has 0 saturated carbocycles. The Kier molecular flexibility index (Phi) is 6.85. The van der Waals surface area contributed by atoms with Crippen LogP contribution in [0.25, 0.3) is 0 Å². The smallest absolute Gasteiger partial charge is 0.240 e. The Balaban J connectivity index is 1.54. The van der Waals surface area contributed by atoms with Crippen molar-refractivity contribution in [3.05, 3.63) is 89.7 Å². The maximum Gasteiger partial charge on any atom is 0.240 e. The van der Waals surface area contributed by atoms with E-state index in [1.807, 2.05) is 6.92 Å². The van der Waals surface area contributed by atoms with Gasteiger partial charge in [0.1, 0.15) is 23.9 Å². The van der Waals surface area contributed by atoms with E-state index in [0.29, 0.717) is 24.7 Å². The fourth-order valence-corrected chi connectivity index (χ4v) is 3.61. The summed E-state index contributed by atoms with van der Waals surface area (Å²) in [5.74, 6) is 0.987. The van der Waals surface area contributed by atoms with Gasteiger partial charge in [-0.05, 0) is 66.6 Å². The highest BCUT2D eigenvalue weighted by Gasteiger charge is 2.13. The Morgan fingerprint density at radius 2 is 1.34 bits per heavy atom. The van der Waals surface area contributed by atoms with E-state index >= 15 is 0 Å². The summed E-state index contributed by atoms with van der Waals surface area (Å²) >= 11 is 0. The molecule has 0 aliphatic rings. The van der Waals surface area contributed by atoms with Crippen molar-refractivity contribution in [1.29, 1.82) is 0 Å². The standard InChI is InChI=1S/C22H22FNO4S/c1-2-27-20-11-13-22(14-12-20)29(25,26)24-15-17-5-9-21(10-6-17)28-16-18-3-7-19(23)8-4-18/h3-14,24H,2,15-16H2,1H3. The summed E-state index contributed by atoms with van der Waals surface area (Å²) in [6.45, 7) is 2.87. The fraction of sp³-hybridized carbons (Fsp3) is 0.182. The lowest BCUT2D eigenvalue weighted by molar-refractivity contribution is 0.306. The molecule has 0 fully saturated rings. The first-order chi connectivity index (χ1) is 14.0. The van der Waals surface area contributed by atoms with Crippen LogP contribution < -0.4 is 14.2 Å². The number of nitrogens with one attached hydrogen (secondary N) is 1. The molecule has 0 radical (unpaired) electrons. The average molecular weight is 415 g/mol. The number of benzene rings is 3. The van der Waals surface area contributed by atoms with Crippen molar-refractivity contribution in [1.82, 2.24) is 4.72 Å². The third-order valence-electron chi connectivity index (χ3n) is 4.15. The molecular formula is C22H22FNO4S. The van der Waals surface area contributed by atoms with E-state index in [2.05, 4.69) is 4.72 Å². The van der Waals surface area contributed by atoms with Gasteiger partial charge in [-0.1, -0.05) is 24.3 Å². The molecule has 0 heterocycles. The maximum atomic E-state index is 12.9. The van der Waals surface area contributed by atoms with Gasteiger partial charge >= 0.3 is 0 Å². The molecule has 3 aromatic rings. The first kappa shape index (κ1) is 20.8. The molecule has 3 aromatic carbocycles. The summed E-state index contributed by atoms with van der Waals surface area (Å²) in [6, 6.07) is 19.5. The summed E-state index contributed by atoms with van der Waals surface area (Å²) in [6.07, 6.45) is 0. The number of sulfonamides is 1. The van der Waals surface area contributed by atoms with Crippen LogP contribution in [-0.4, -0.2) is 15.0 Å². The zero-order valence-corrected chi connectivity index (χ0v) is 16.8. The van der Waals surface area contributed by atoms with E-state index < -0.39 is 10.0 Å². The number of hydrogen-bond donors (Lipinski definition) is 1. The Labute approximate surface area is 170 Å². The topological polar surface area (TPSA) is 64.6 Å². The molecule has 0 aliphatic heterocycles. The Morgan fingerprint density at radius 3 is 1.97 bits per heavy atom. The summed E-state index contributed by atoms with van der Waals surface area (Å²) in [5, 5.41) is 0. The van der Waals surface area contributed by atoms with Gasteiger partial charge in [0.15, 0.2) is 0 Å². The molecule has 5 nitrogen and oxygen atoms in total. The fourth-order valence-electron chi connectivity index (χ4n) is 2.59. The van der Waals surface area contributed by atoms with E-state index in [4.69, 9.17) is 9.47 Å². The molecule has 0 spiro atoms. The third-order valence-corrected chi connectivity index (χ3v) is 5.57. The van der Waals surface area contributed by atoms with E-state index in [9.17, 15) is 12.8 Å². The van der Waals surface area contributed by atoms with Gasteiger partial charge < -0.3 is 9.47 Å². The van der Waals surface area contributed by atoms with Crippen molar-refractivity contribution in [3.8, 4) is 11.5 Å². The average Bonchev–Trinajstić information content (AvgIpc) is 2.73. The van der Waals surface area contributed by atoms with Crippen LogP contribution in [0, 0.1) is 5.82 Å². The molecule has 0 bridgehead atoms. The predicted octanol–water partition coefficient (Wildman–Crippen LogP) is 4.28. The van der Waals surface area contributed by atoms with Crippen molar-refractivity contribution < 1.29 is 22.3 Å².